The van der Waals surface area contributed by atoms with E-state index in [0.717, 1.165) is 6.42 Å². The average Bonchev–Trinajstić information content (AvgIpc) is 3.45. The maximum atomic E-state index is 11.7. The van der Waals surface area contributed by atoms with Crippen molar-refractivity contribution >= 4 is 28.8 Å². The second-order valence-corrected chi connectivity index (χ2v) is 7.62. The molecule has 2 aromatic heterocycles. The molecule has 0 saturated carbocycles. The SMILES string of the molecule is CCCN1C(=O)c2ccccc2C1=O.Nc1ncnc2c1ncn2[C@@H]1O[C@H](CO)[C@@H](O)[C@H]1O. The molecular formula is C21H24N6O6. The topological polar surface area (TPSA) is 177 Å². The predicted molar refractivity (Wildman–Crippen MR) is 115 cm³/mol. The molecule has 2 amide bonds. The Bertz CT molecular complexity index is 1150. The summed E-state index contributed by atoms with van der Waals surface area (Å²) in [5, 5.41) is 28.7. The highest BCUT2D eigenvalue weighted by atomic mass is 16.6. The molecule has 1 fully saturated rings. The molecule has 0 spiro atoms. The number of carbonyl (C=O) groups excluding carboxylic acids is 2. The lowest BCUT2D eigenvalue weighted by molar-refractivity contribution is -0.0511. The van der Waals surface area contributed by atoms with Gasteiger partial charge in [-0.1, -0.05) is 19.1 Å². The van der Waals surface area contributed by atoms with Crippen molar-refractivity contribution < 1.29 is 29.6 Å². The molecule has 1 saturated heterocycles. The van der Waals surface area contributed by atoms with Crippen LogP contribution in [-0.2, 0) is 4.74 Å². The summed E-state index contributed by atoms with van der Waals surface area (Å²) < 4.78 is 6.85. The summed E-state index contributed by atoms with van der Waals surface area (Å²) in [5.74, 6) is -0.101. The van der Waals surface area contributed by atoms with Crippen molar-refractivity contribution in [2.75, 3.05) is 18.9 Å². The van der Waals surface area contributed by atoms with Crippen molar-refractivity contribution in [3.05, 3.63) is 48.0 Å². The lowest BCUT2D eigenvalue weighted by atomic mass is 10.1. The maximum Gasteiger partial charge on any atom is 0.261 e. The summed E-state index contributed by atoms with van der Waals surface area (Å²) in [5.41, 5.74) is 7.51. The minimum atomic E-state index is -1.19. The second kappa shape index (κ2) is 9.19. The van der Waals surface area contributed by atoms with Crippen LogP contribution in [0.4, 0.5) is 5.82 Å². The number of ether oxygens (including phenoxy) is 1. The van der Waals surface area contributed by atoms with Crippen LogP contribution < -0.4 is 5.73 Å². The van der Waals surface area contributed by atoms with E-state index in [4.69, 9.17) is 15.6 Å². The number of hydrogen-bond acceptors (Lipinski definition) is 10. The van der Waals surface area contributed by atoms with E-state index in [1.165, 1.54) is 22.1 Å². The van der Waals surface area contributed by atoms with Gasteiger partial charge in [0.25, 0.3) is 11.8 Å². The van der Waals surface area contributed by atoms with Crippen LogP contribution in [0.15, 0.2) is 36.9 Å². The first-order valence-electron chi connectivity index (χ1n) is 10.4. The molecule has 2 aliphatic heterocycles. The molecule has 2 aliphatic rings. The Labute approximate surface area is 188 Å². The normalized spacial score (nSPS) is 24.2. The lowest BCUT2D eigenvalue weighted by Gasteiger charge is -2.16. The molecule has 4 heterocycles. The minimum Gasteiger partial charge on any atom is -0.394 e. The van der Waals surface area contributed by atoms with Crippen molar-refractivity contribution in [3.63, 3.8) is 0 Å². The quantitative estimate of drug-likeness (QED) is 0.382. The van der Waals surface area contributed by atoms with Gasteiger partial charge in [-0.3, -0.25) is 19.1 Å². The molecule has 174 valence electrons. The average molecular weight is 456 g/mol. The van der Waals surface area contributed by atoms with Crippen molar-refractivity contribution in [2.24, 2.45) is 0 Å². The lowest BCUT2D eigenvalue weighted by Crippen LogP contribution is -2.33. The number of nitrogens with two attached hydrogens (primary N) is 1. The highest BCUT2D eigenvalue weighted by molar-refractivity contribution is 6.21. The number of anilines is 1. The number of hydrogen-bond donors (Lipinski definition) is 4. The van der Waals surface area contributed by atoms with Gasteiger partial charge in [-0.15, -0.1) is 0 Å². The first-order valence-corrected chi connectivity index (χ1v) is 10.4. The smallest absolute Gasteiger partial charge is 0.261 e. The van der Waals surface area contributed by atoms with Gasteiger partial charge in [-0.25, -0.2) is 15.0 Å². The Morgan fingerprint density at radius 1 is 1.06 bits per heavy atom. The fourth-order valence-corrected chi connectivity index (χ4v) is 3.83. The Morgan fingerprint density at radius 2 is 1.73 bits per heavy atom. The number of rotatable bonds is 4. The molecule has 33 heavy (non-hydrogen) atoms. The summed E-state index contributed by atoms with van der Waals surface area (Å²) >= 11 is 0. The molecular weight excluding hydrogens is 432 g/mol. The van der Waals surface area contributed by atoms with Gasteiger partial charge in [-0.05, 0) is 18.6 Å². The zero-order valence-electron chi connectivity index (χ0n) is 17.8. The number of amides is 2. The van der Waals surface area contributed by atoms with E-state index in [1.54, 1.807) is 24.3 Å². The first-order chi connectivity index (χ1) is 15.9. The summed E-state index contributed by atoms with van der Waals surface area (Å²) in [4.78, 5) is 36.6. The molecule has 0 radical (unpaired) electrons. The second-order valence-electron chi connectivity index (χ2n) is 7.62. The van der Waals surface area contributed by atoms with Crippen LogP contribution in [0.3, 0.4) is 0 Å². The number of nitrogens with zero attached hydrogens (tertiary/aromatic N) is 5. The maximum absolute atomic E-state index is 11.7. The van der Waals surface area contributed by atoms with Gasteiger partial charge >= 0.3 is 0 Å². The number of aliphatic hydroxyl groups excluding tert-OH is 3. The highest BCUT2D eigenvalue weighted by Crippen LogP contribution is 2.31. The molecule has 12 nitrogen and oxygen atoms in total. The number of aromatic nitrogens is 4. The Kier molecular flexibility index (Phi) is 6.33. The van der Waals surface area contributed by atoms with E-state index >= 15 is 0 Å². The minimum absolute atomic E-state index is 0.160. The molecule has 12 heteroatoms. The largest absolute Gasteiger partial charge is 0.394 e. The standard InChI is InChI=1S/C11H11NO2.C10H13N5O4/c1-2-7-12-10(13)8-5-3-4-6-9(8)11(12)14;11-8-5-9(13-2-12-8)15(3-14-5)10-7(18)6(17)4(1-16)19-10/h3-6H,2,7H2,1H3;2-4,6-7,10,16-18H,1H2,(H2,11,12,13)/t;4-,6-,7-,10-/m.1/s1. The Balaban J connectivity index is 0.000000165. The van der Waals surface area contributed by atoms with Gasteiger partial charge < -0.3 is 25.8 Å². The van der Waals surface area contributed by atoms with E-state index in [-0.39, 0.29) is 17.6 Å². The number of imidazole rings is 1. The molecule has 0 bridgehead atoms. The van der Waals surface area contributed by atoms with E-state index in [0.29, 0.717) is 28.8 Å². The van der Waals surface area contributed by atoms with Crippen molar-refractivity contribution in [2.45, 2.75) is 37.9 Å². The van der Waals surface area contributed by atoms with Crippen molar-refractivity contribution in [3.8, 4) is 0 Å². The molecule has 0 aliphatic carbocycles. The number of imide groups is 1. The predicted octanol–water partition coefficient (Wildman–Crippen LogP) is -0.287. The summed E-state index contributed by atoms with van der Waals surface area (Å²) in [6.07, 6.45) is -0.626. The van der Waals surface area contributed by atoms with Crippen LogP contribution in [0.5, 0.6) is 0 Å². The molecule has 5 rings (SSSR count). The fraction of sp³-hybridized carbons (Fsp3) is 0.381. The number of benzene rings is 1. The van der Waals surface area contributed by atoms with Gasteiger partial charge in [0.1, 0.15) is 30.2 Å². The summed E-state index contributed by atoms with van der Waals surface area (Å²) in [6, 6.07) is 6.95. The molecule has 1 aromatic carbocycles. The van der Waals surface area contributed by atoms with Gasteiger partial charge in [0.2, 0.25) is 0 Å². The third kappa shape index (κ3) is 3.93. The van der Waals surface area contributed by atoms with Crippen LogP contribution in [0, 0.1) is 0 Å². The van der Waals surface area contributed by atoms with Crippen LogP contribution in [0.1, 0.15) is 40.3 Å². The van der Waals surface area contributed by atoms with E-state index < -0.39 is 31.1 Å². The zero-order chi connectivity index (χ0) is 23.7. The van der Waals surface area contributed by atoms with Crippen LogP contribution in [0.2, 0.25) is 0 Å². The zero-order valence-corrected chi connectivity index (χ0v) is 17.8. The van der Waals surface area contributed by atoms with Gasteiger partial charge in [0, 0.05) is 6.54 Å². The number of carbonyl (C=O) groups is 2. The number of aliphatic hydroxyl groups is 3. The Morgan fingerprint density at radius 3 is 2.30 bits per heavy atom. The van der Waals surface area contributed by atoms with Crippen molar-refractivity contribution in [1.29, 1.82) is 0 Å². The van der Waals surface area contributed by atoms with Crippen LogP contribution in [0.25, 0.3) is 11.2 Å². The molecule has 4 atom stereocenters. The van der Waals surface area contributed by atoms with Crippen molar-refractivity contribution in [1.82, 2.24) is 24.4 Å². The third-order valence-corrected chi connectivity index (χ3v) is 5.50. The summed E-state index contributed by atoms with van der Waals surface area (Å²) in [6.45, 7) is 2.06. The van der Waals surface area contributed by atoms with E-state index in [9.17, 15) is 19.8 Å². The Hall–Kier alpha value is -3.45. The molecule has 3 aromatic rings. The van der Waals surface area contributed by atoms with Gasteiger partial charge in [0.15, 0.2) is 17.7 Å². The van der Waals surface area contributed by atoms with Gasteiger partial charge in [-0.2, -0.15) is 0 Å². The van der Waals surface area contributed by atoms with Gasteiger partial charge in [0.05, 0.1) is 24.1 Å². The molecule has 0 unspecified atom stereocenters. The summed E-state index contributed by atoms with van der Waals surface area (Å²) in [7, 11) is 0. The van der Waals surface area contributed by atoms with E-state index in [2.05, 4.69) is 15.0 Å². The first kappa shape index (κ1) is 22.7. The van der Waals surface area contributed by atoms with Crippen LogP contribution in [-0.4, -0.2) is 83.0 Å². The van der Waals surface area contributed by atoms with Crippen LogP contribution >= 0.6 is 0 Å². The third-order valence-electron chi connectivity index (χ3n) is 5.50. The number of nitrogen functional groups attached to an aromatic ring is 1. The highest BCUT2D eigenvalue weighted by Gasteiger charge is 2.44. The number of fused-ring (bicyclic) bond motifs is 2. The monoisotopic (exact) mass is 456 g/mol. The van der Waals surface area contributed by atoms with E-state index in [1.807, 2.05) is 6.92 Å². The fourth-order valence-electron chi connectivity index (χ4n) is 3.83. The molecule has 5 N–H and O–H groups in total.